The van der Waals surface area contributed by atoms with E-state index in [4.69, 9.17) is 5.11 Å². The average molecular weight is 289 g/mol. The van der Waals surface area contributed by atoms with Crippen LogP contribution >= 0.6 is 27.3 Å². The first kappa shape index (κ1) is 11.1. The van der Waals surface area contributed by atoms with E-state index >= 15 is 0 Å². The molecule has 2 rings (SSSR count). The number of carboxylic acids is 1. The number of carbonyl (C=O) groups is 1. The van der Waals surface area contributed by atoms with Crippen molar-refractivity contribution < 1.29 is 9.90 Å². The normalized spacial score (nSPS) is 18.5. The third-order valence-electron chi connectivity index (χ3n) is 3.18. The molecule has 0 atom stereocenters. The predicted molar refractivity (Wildman–Crippen MR) is 64.5 cm³/mol. The number of hydrogen-bond donors (Lipinski definition) is 1. The Morgan fingerprint density at radius 1 is 1.67 bits per heavy atom. The first-order valence-electron chi connectivity index (χ1n) is 5.01. The minimum absolute atomic E-state index is 0.0798. The topological polar surface area (TPSA) is 37.3 Å². The molecule has 1 saturated carbocycles. The summed E-state index contributed by atoms with van der Waals surface area (Å²) >= 11 is 5.26. The molecule has 0 spiro atoms. The summed E-state index contributed by atoms with van der Waals surface area (Å²) in [5.41, 5.74) is 1.13. The van der Waals surface area contributed by atoms with E-state index in [1.165, 1.54) is 10.4 Å². The van der Waals surface area contributed by atoms with Crippen LogP contribution in [0.15, 0.2) is 9.85 Å². The standard InChI is InChI=1S/C11H13BrO2S/c1-7-6-15-10(9(7)12)11(3-2-4-11)5-8(13)14/h6H,2-5H2,1H3,(H,13,14). The molecule has 1 fully saturated rings. The number of hydrogen-bond acceptors (Lipinski definition) is 2. The fourth-order valence-corrected chi connectivity index (χ4v) is 4.33. The molecule has 1 aromatic rings. The largest absolute Gasteiger partial charge is 0.481 e. The highest BCUT2D eigenvalue weighted by Crippen LogP contribution is 2.51. The van der Waals surface area contributed by atoms with Crippen LogP contribution in [0.2, 0.25) is 0 Å². The molecule has 2 nitrogen and oxygen atoms in total. The molecule has 1 aromatic heterocycles. The summed E-state index contributed by atoms with van der Waals surface area (Å²) in [7, 11) is 0. The maximum absolute atomic E-state index is 10.9. The smallest absolute Gasteiger partial charge is 0.304 e. The summed E-state index contributed by atoms with van der Waals surface area (Å²) < 4.78 is 1.12. The Bertz CT molecular complexity index is 393. The van der Waals surface area contributed by atoms with Crippen molar-refractivity contribution in [3.63, 3.8) is 0 Å². The molecule has 0 bridgehead atoms. The fraction of sp³-hybridized carbons (Fsp3) is 0.545. The lowest BCUT2D eigenvalue weighted by Crippen LogP contribution is -2.36. The van der Waals surface area contributed by atoms with Gasteiger partial charge in [0.05, 0.1) is 6.42 Å². The molecule has 0 amide bonds. The Labute approximate surface area is 101 Å². The van der Waals surface area contributed by atoms with Gasteiger partial charge in [0.15, 0.2) is 0 Å². The van der Waals surface area contributed by atoms with Crippen LogP contribution in [0.4, 0.5) is 0 Å². The zero-order valence-corrected chi connectivity index (χ0v) is 10.9. The van der Waals surface area contributed by atoms with Crippen LogP contribution in [0.25, 0.3) is 0 Å². The SMILES string of the molecule is Cc1csc(C2(CC(=O)O)CCC2)c1Br. The zero-order valence-electron chi connectivity index (χ0n) is 8.55. The van der Waals surface area contributed by atoms with E-state index in [0.717, 1.165) is 23.7 Å². The zero-order chi connectivity index (χ0) is 11.1. The second kappa shape index (κ2) is 3.91. The van der Waals surface area contributed by atoms with Crippen LogP contribution in [0.3, 0.4) is 0 Å². The van der Waals surface area contributed by atoms with E-state index in [2.05, 4.69) is 28.2 Å². The van der Waals surface area contributed by atoms with Crippen molar-refractivity contribution in [2.24, 2.45) is 0 Å². The van der Waals surface area contributed by atoms with Crippen LogP contribution in [0.5, 0.6) is 0 Å². The molecule has 0 unspecified atom stereocenters. The highest BCUT2D eigenvalue weighted by Gasteiger charge is 2.43. The van der Waals surface area contributed by atoms with Gasteiger partial charge in [-0.1, -0.05) is 6.42 Å². The maximum Gasteiger partial charge on any atom is 0.304 e. The maximum atomic E-state index is 10.9. The number of halogens is 1. The number of rotatable bonds is 3. The second-order valence-electron chi connectivity index (χ2n) is 4.27. The van der Waals surface area contributed by atoms with Gasteiger partial charge in [-0.3, -0.25) is 4.79 Å². The lowest BCUT2D eigenvalue weighted by molar-refractivity contribution is -0.139. The molecule has 1 N–H and O–H groups in total. The number of aliphatic carboxylic acids is 1. The second-order valence-corrected chi connectivity index (χ2v) is 5.94. The van der Waals surface area contributed by atoms with E-state index < -0.39 is 5.97 Å². The Morgan fingerprint density at radius 3 is 2.67 bits per heavy atom. The van der Waals surface area contributed by atoms with E-state index in [-0.39, 0.29) is 11.8 Å². The van der Waals surface area contributed by atoms with Crippen LogP contribution in [-0.2, 0) is 10.2 Å². The lowest BCUT2D eigenvalue weighted by Gasteiger charge is -2.40. The summed E-state index contributed by atoms with van der Waals surface area (Å²) in [4.78, 5) is 12.1. The van der Waals surface area contributed by atoms with Gasteiger partial charge < -0.3 is 5.11 Å². The molecule has 0 radical (unpaired) electrons. The molecule has 1 heterocycles. The minimum Gasteiger partial charge on any atom is -0.481 e. The summed E-state index contributed by atoms with van der Waals surface area (Å²) in [6, 6.07) is 0. The van der Waals surface area contributed by atoms with Gasteiger partial charge in [0.25, 0.3) is 0 Å². The van der Waals surface area contributed by atoms with E-state index in [1.54, 1.807) is 11.3 Å². The highest BCUT2D eigenvalue weighted by atomic mass is 79.9. The van der Waals surface area contributed by atoms with Gasteiger partial charge in [-0.05, 0) is 46.6 Å². The molecular weight excluding hydrogens is 276 g/mol. The average Bonchev–Trinajstić information content (AvgIpc) is 2.41. The van der Waals surface area contributed by atoms with Crippen molar-refractivity contribution >= 4 is 33.2 Å². The van der Waals surface area contributed by atoms with Crippen LogP contribution in [-0.4, -0.2) is 11.1 Å². The minimum atomic E-state index is -0.687. The molecule has 1 aliphatic carbocycles. The lowest BCUT2D eigenvalue weighted by atomic mass is 9.65. The molecule has 15 heavy (non-hydrogen) atoms. The Morgan fingerprint density at radius 2 is 2.33 bits per heavy atom. The third-order valence-corrected chi connectivity index (χ3v) is 5.81. The number of carboxylic acid groups (broad SMARTS) is 1. The van der Waals surface area contributed by atoms with Gasteiger partial charge in [0, 0.05) is 14.8 Å². The molecule has 0 aromatic carbocycles. The van der Waals surface area contributed by atoms with E-state index in [0.29, 0.717) is 0 Å². The molecule has 0 saturated heterocycles. The number of thiophene rings is 1. The summed E-state index contributed by atoms with van der Waals surface area (Å²) in [6.07, 6.45) is 3.44. The summed E-state index contributed by atoms with van der Waals surface area (Å²) in [5.74, 6) is -0.687. The molecule has 4 heteroatoms. The van der Waals surface area contributed by atoms with Crippen LogP contribution in [0.1, 0.15) is 36.1 Å². The quantitative estimate of drug-likeness (QED) is 0.921. The molecule has 82 valence electrons. The van der Waals surface area contributed by atoms with E-state index in [9.17, 15) is 4.79 Å². The highest BCUT2D eigenvalue weighted by molar-refractivity contribution is 9.10. The van der Waals surface area contributed by atoms with Gasteiger partial charge >= 0.3 is 5.97 Å². The Hall–Kier alpha value is -0.350. The van der Waals surface area contributed by atoms with Gasteiger partial charge in [-0.25, -0.2) is 0 Å². The first-order valence-corrected chi connectivity index (χ1v) is 6.68. The van der Waals surface area contributed by atoms with Crippen molar-refractivity contribution in [2.45, 2.75) is 38.0 Å². The summed E-state index contributed by atoms with van der Waals surface area (Å²) in [5, 5.41) is 11.1. The molecule has 0 aliphatic heterocycles. The van der Waals surface area contributed by atoms with Crippen LogP contribution in [0, 0.1) is 6.92 Å². The Kier molecular flexibility index (Phi) is 2.90. The summed E-state index contributed by atoms with van der Waals surface area (Å²) in [6.45, 7) is 2.05. The molecular formula is C11H13BrO2S. The van der Waals surface area contributed by atoms with Crippen molar-refractivity contribution in [1.29, 1.82) is 0 Å². The van der Waals surface area contributed by atoms with Crippen molar-refractivity contribution in [2.75, 3.05) is 0 Å². The van der Waals surface area contributed by atoms with Gasteiger partial charge in [-0.15, -0.1) is 11.3 Å². The monoisotopic (exact) mass is 288 g/mol. The van der Waals surface area contributed by atoms with Gasteiger partial charge in [0.1, 0.15) is 0 Å². The van der Waals surface area contributed by atoms with Crippen LogP contribution < -0.4 is 0 Å². The first-order chi connectivity index (χ1) is 7.05. The fourth-order valence-electron chi connectivity index (χ4n) is 2.16. The van der Waals surface area contributed by atoms with Gasteiger partial charge in [-0.2, -0.15) is 0 Å². The molecule has 1 aliphatic rings. The van der Waals surface area contributed by atoms with Crippen molar-refractivity contribution in [3.05, 3.63) is 20.3 Å². The van der Waals surface area contributed by atoms with E-state index in [1.807, 2.05) is 0 Å². The van der Waals surface area contributed by atoms with Crippen molar-refractivity contribution in [1.82, 2.24) is 0 Å². The number of aryl methyl sites for hydroxylation is 1. The van der Waals surface area contributed by atoms with Gasteiger partial charge in [0.2, 0.25) is 0 Å². The Balaban J connectivity index is 2.34. The predicted octanol–water partition coefficient (Wildman–Crippen LogP) is 3.72. The third kappa shape index (κ3) is 1.85. The van der Waals surface area contributed by atoms with Crippen molar-refractivity contribution in [3.8, 4) is 0 Å².